The maximum absolute atomic E-state index is 12.9. The second kappa shape index (κ2) is 7.45. The lowest BCUT2D eigenvalue weighted by Gasteiger charge is -2.03. The molecule has 0 aliphatic carbocycles. The van der Waals surface area contributed by atoms with E-state index in [0.29, 0.717) is 30.2 Å². The number of carbonyl (C=O) groups is 1. The second-order valence-electron chi connectivity index (χ2n) is 5.12. The summed E-state index contributed by atoms with van der Waals surface area (Å²) in [7, 11) is 0. The number of benzene rings is 1. The third-order valence-corrected chi connectivity index (χ3v) is 3.33. The first-order valence-corrected chi connectivity index (χ1v) is 7.46. The molecule has 0 atom stereocenters. The van der Waals surface area contributed by atoms with Crippen LogP contribution >= 0.6 is 0 Å². The van der Waals surface area contributed by atoms with Gasteiger partial charge in [0.2, 0.25) is 17.6 Å². The van der Waals surface area contributed by atoms with Crippen molar-refractivity contribution >= 4 is 5.91 Å². The van der Waals surface area contributed by atoms with E-state index in [4.69, 9.17) is 4.52 Å². The fourth-order valence-corrected chi connectivity index (χ4v) is 2.07. The van der Waals surface area contributed by atoms with E-state index in [1.54, 1.807) is 18.3 Å². The Labute approximate surface area is 137 Å². The van der Waals surface area contributed by atoms with E-state index in [2.05, 4.69) is 20.4 Å². The van der Waals surface area contributed by atoms with Crippen LogP contribution < -0.4 is 5.32 Å². The molecule has 3 rings (SSSR count). The quantitative estimate of drug-likeness (QED) is 0.753. The van der Waals surface area contributed by atoms with Gasteiger partial charge in [0.25, 0.3) is 0 Å². The molecule has 6 nitrogen and oxygen atoms in total. The zero-order chi connectivity index (χ0) is 16.8. The lowest BCUT2D eigenvalue weighted by molar-refractivity contribution is -0.121. The average molecular weight is 326 g/mol. The summed E-state index contributed by atoms with van der Waals surface area (Å²) in [5, 5.41) is 6.62. The molecule has 0 saturated carbocycles. The van der Waals surface area contributed by atoms with Crippen molar-refractivity contribution < 1.29 is 13.7 Å². The maximum Gasteiger partial charge on any atom is 0.227 e. The summed E-state index contributed by atoms with van der Waals surface area (Å²) in [5.74, 6) is 0.287. The third-order valence-electron chi connectivity index (χ3n) is 3.33. The van der Waals surface area contributed by atoms with Crippen LogP contribution in [0.15, 0.2) is 53.2 Å². The van der Waals surface area contributed by atoms with E-state index in [1.807, 2.05) is 18.2 Å². The second-order valence-corrected chi connectivity index (χ2v) is 5.12. The van der Waals surface area contributed by atoms with Crippen LogP contribution in [-0.2, 0) is 17.8 Å². The predicted octanol–water partition coefficient (Wildman–Crippen LogP) is 2.52. The molecular weight excluding hydrogens is 311 g/mol. The van der Waals surface area contributed by atoms with Gasteiger partial charge in [-0.05, 0) is 36.4 Å². The minimum Gasteiger partial charge on any atom is -0.350 e. The van der Waals surface area contributed by atoms with Crippen LogP contribution in [0.2, 0.25) is 0 Å². The molecule has 122 valence electrons. The fourth-order valence-electron chi connectivity index (χ4n) is 2.07. The van der Waals surface area contributed by atoms with Gasteiger partial charge in [0.1, 0.15) is 5.82 Å². The number of hydrogen-bond acceptors (Lipinski definition) is 5. The van der Waals surface area contributed by atoms with Crippen LogP contribution in [0.25, 0.3) is 11.4 Å². The number of hydrogen-bond donors (Lipinski definition) is 1. The minimum absolute atomic E-state index is 0.123. The molecule has 0 unspecified atom stereocenters. The van der Waals surface area contributed by atoms with Crippen LogP contribution in [0.1, 0.15) is 18.0 Å². The molecule has 0 spiro atoms. The van der Waals surface area contributed by atoms with Crippen LogP contribution in [0.3, 0.4) is 0 Å². The highest BCUT2D eigenvalue weighted by Gasteiger charge is 2.11. The first-order chi connectivity index (χ1) is 11.7. The van der Waals surface area contributed by atoms with Gasteiger partial charge in [-0.15, -0.1) is 0 Å². The number of carbonyl (C=O) groups excluding carboxylic acids is 1. The molecule has 0 radical (unpaired) electrons. The van der Waals surface area contributed by atoms with Crippen LogP contribution in [0.5, 0.6) is 0 Å². The molecule has 1 N–H and O–H groups in total. The van der Waals surface area contributed by atoms with Gasteiger partial charge in [-0.25, -0.2) is 4.39 Å². The molecule has 7 heteroatoms. The number of nitrogens with one attached hydrogen (secondary N) is 1. The summed E-state index contributed by atoms with van der Waals surface area (Å²) >= 11 is 0. The SMILES string of the molecule is O=C(CCc1nc(-c2ccc(F)cc2)no1)NCc1ccccn1. The first-order valence-electron chi connectivity index (χ1n) is 7.46. The van der Waals surface area contributed by atoms with Gasteiger partial charge in [0, 0.05) is 24.6 Å². The predicted molar refractivity (Wildman–Crippen MR) is 84.1 cm³/mol. The summed E-state index contributed by atoms with van der Waals surface area (Å²) in [6, 6.07) is 11.3. The van der Waals surface area contributed by atoms with Gasteiger partial charge in [-0.3, -0.25) is 9.78 Å². The van der Waals surface area contributed by atoms with Crippen LogP contribution in [0, 0.1) is 5.82 Å². The largest absolute Gasteiger partial charge is 0.350 e. The van der Waals surface area contributed by atoms with Crippen LogP contribution in [-0.4, -0.2) is 21.0 Å². The van der Waals surface area contributed by atoms with Crippen molar-refractivity contribution in [3.63, 3.8) is 0 Å². The third kappa shape index (κ3) is 4.22. The number of amides is 1. The summed E-state index contributed by atoms with van der Waals surface area (Å²) in [5.41, 5.74) is 1.45. The van der Waals surface area contributed by atoms with Gasteiger partial charge >= 0.3 is 0 Å². The Hall–Kier alpha value is -3.09. The summed E-state index contributed by atoms with van der Waals surface area (Å²) in [6.07, 6.45) is 2.25. The Morgan fingerprint density at radius 3 is 2.75 bits per heavy atom. The molecule has 0 saturated heterocycles. The van der Waals surface area contributed by atoms with E-state index in [9.17, 15) is 9.18 Å². The number of halogens is 1. The fraction of sp³-hybridized carbons (Fsp3) is 0.176. The van der Waals surface area contributed by atoms with Crippen molar-refractivity contribution in [2.75, 3.05) is 0 Å². The molecule has 0 bridgehead atoms. The average Bonchev–Trinajstić information content (AvgIpc) is 3.09. The normalized spacial score (nSPS) is 10.5. The summed E-state index contributed by atoms with van der Waals surface area (Å²) < 4.78 is 18.0. The highest BCUT2D eigenvalue weighted by molar-refractivity contribution is 5.75. The Balaban J connectivity index is 1.50. The Morgan fingerprint density at radius 2 is 2.00 bits per heavy atom. The highest BCUT2D eigenvalue weighted by atomic mass is 19.1. The molecule has 2 aromatic heterocycles. The van der Waals surface area contributed by atoms with E-state index >= 15 is 0 Å². The van der Waals surface area contributed by atoms with Crippen LogP contribution in [0.4, 0.5) is 4.39 Å². The van der Waals surface area contributed by atoms with Gasteiger partial charge < -0.3 is 9.84 Å². The number of nitrogens with zero attached hydrogens (tertiary/aromatic N) is 3. The van der Waals surface area contributed by atoms with E-state index in [0.717, 1.165) is 5.69 Å². The molecule has 1 aromatic carbocycles. The van der Waals surface area contributed by atoms with Crippen molar-refractivity contribution in [2.24, 2.45) is 0 Å². The lowest BCUT2D eigenvalue weighted by atomic mass is 10.2. The van der Waals surface area contributed by atoms with E-state index in [-0.39, 0.29) is 18.1 Å². The molecule has 3 aromatic rings. The molecule has 0 aliphatic rings. The lowest BCUT2D eigenvalue weighted by Crippen LogP contribution is -2.23. The van der Waals surface area contributed by atoms with Gasteiger partial charge in [0.15, 0.2) is 0 Å². The molecule has 2 heterocycles. The zero-order valence-corrected chi connectivity index (χ0v) is 12.8. The standard InChI is InChI=1S/C17H15FN4O2/c18-13-6-4-12(5-7-13)17-21-16(24-22-17)9-8-15(23)20-11-14-3-1-2-10-19-14/h1-7,10H,8-9,11H2,(H,20,23). The first kappa shape index (κ1) is 15.8. The van der Waals surface area contributed by atoms with Crippen molar-refractivity contribution in [1.82, 2.24) is 20.4 Å². The van der Waals surface area contributed by atoms with Gasteiger partial charge in [-0.1, -0.05) is 11.2 Å². The topological polar surface area (TPSA) is 80.9 Å². The van der Waals surface area contributed by atoms with Crippen molar-refractivity contribution in [1.29, 1.82) is 0 Å². The number of pyridine rings is 1. The van der Waals surface area contributed by atoms with E-state index in [1.165, 1.54) is 12.1 Å². The minimum atomic E-state index is -0.327. The maximum atomic E-state index is 12.9. The van der Waals surface area contributed by atoms with Gasteiger partial charge in [-0.2, -0.15) is 4.98 Å². The molecule has 24 heavy (non-hydrogen) atoms. The molecule has 1 amide bonds. The zero-order valence-electron chi connectivity index (χ0n) is 12.8. The molecule has 0 aliphatic heterocycles. The Kier molecular flexibility index (Phi) is 4.90. The monoisotopic (exact) mass is 326 g/mol. The van der Waals surface area contributed by atoms with Gasteiger partial charge in [0.05, 0.1) is 12.2 Å². The Morgan fingerprint density at radius 1 is 1.17 bits per heavy atom. The van der Waals surface area contributed by atoms with Crippen molar-refractivity contribution in [3.8, 4) is 11.4 Å². The summed E-state index contributed by atoms with van der Waals surface area (Å²) in [6.45, 7) is 0.379. The molecule has 0 fully saturated rings. The highest BCUT2D eigenvalue weighted by Crippen LogP contribution is 2.16. The van der Waals surface area contributed by atoms with Crippen molar-refractivity contribution in [3.05, 3.63) is 66.1 Å². The van der Waals surface area contributed by atoms with E-state index < -0.39 is 0 Å². The number of aryl methyl sites for hydroxylation is 1. The Bertz CT molecular complexity index is 803. The van der Waals surface area contributed by atoms with Crippen molar-refractivity contribution in [2.45, 2.75) is 19.4 Å². The number of aromatic nitrogens is 3. The summed E-state index contributed by atoms with van der Waals surface area (Å²) in [4.78, 5) is 20.2. The number of rotatable bonds is 6. The molecular formula is C17H15FN4O2. The smallest absolute Gasteiger partial charge is 0.227 e.